The first-order chi connectivity index (χ1) is 16.7. The summed E-state index contributed by atoms with van der Waals surface area (Å²) in [6, 6.07) is 14.2. The molecule has 0 saturated carbocycles. The van der Waals surface area contributed by atoms with Gasteiger partial charge in [0.25, 0.3) is 0 Å². The standard InChI is InChI=1S/C27H31F3N2O3/c1-35-24-11-13-31(14-12-24)26(34)32-17-19(16-25(33)21-5-3-2-4-6-21)15-22(18-32)20-7-9-23(10-8-20)27(28,29)30/h2-10,19,22,24H,11-18H2,1H3. The molecular weight excluding hydrogens is 457 g/mol. The van der Waals surface area contributed by atoms with Crippen molar-refractivity contribution in [2.75, 3.05) is 33.3 Å². The van der Waals surface area contributed by atoms with Crippen LogP contribution < -0.4 is 0 Å². The zero-order chi connectivity index (χ0) is 25.0. The maximum Gasteiger partial charge on any atom is 0.416 e. The van der Waals surface area contributed by atoms with E-state index in [1.54, 1.807) is 24.1 Å². The number of ether oxygens (including phenoxy) is 1. The average molecular weight is 489 g/mol. The molecular formula is C27H31F3N2O3. The third-order valence-corrected chi connectivity index (χ3v) is 7.13. The van der Waals surface area contributed by atoms with Crippen molar-refractivity contribution in [3.63, 3.8) is 0 Å². The molecule has 4 rings (SSSR count). The Hall–Kier alpha value is -2.87. The Bertz CT molecular complexity index is 1000. The largest absolute Gasteiger partial charge is 0.416 e. The highest BCUT2D eigenvalue weighted by atomic mass is 19.4. The molecule has 188 valence electrons. The van der Waals surface area contributed by atoms with Crippen LogP contribution in [-0.4, -0.2) is 61.0 Å². The minimum Gasteiger partial charge on any atom is -0.381 e. The maximum absolute atomic E-state index is 13.4. The second-order valence-corrected chi connectivity index (χ2v) is 9.52. The third kappa shape index (κ3) is 6.23. The number of rotatable bonds is 5. The molecule has 0 bridgehead atoms. The first-order valence-electron chi connectivity index (χ1n) is 12.1. The molecule has 8 heteroatoms. The number of carbonyl (C=O) groups is 2. The van der Waals surface area contributed by atoms with Crippen molar-refractivity contribution in [2.45, 2.75) is 43.9 Å². The van der Waals surface area contributed by atoms with E-state index in [4.69, 9.17) is 4.74 Å². The Labute approximate surface area is 203 Å². The number of hydrogen-bond donors (Lipinski definition) is 0. The number of carbonyl (C=O) groups excluding carboxylic acids is 2. The summed E-state index contributed by atoms with van der Waals surface area (Å²) in [7, 11) is 1.68. The van der Waals surface area contributed by atoms with Gasteiger partial charge in [-0.1, -0.05) is 42.5 Å². The lowest BCUT2D eigenvalue weighted by Gasteiger charge is -2.42. The first kappa shape index (κ1) is 25.2. The predicted octanol–water partition coefficient (Wildman–Crippen LogP) is 5.61. The van der Waals surface area contributed by atoms with Gasteiger partial charge in [0, 0.05) is 51.2 Å². The van der Waals surface area contributed by atoms with Crippen molar-refractivity contribution < 1.29 is 27.5 Å². The number of halogens is 3. The summed E-state index contributed by atoms with van der Waals surface area (Å²) in [4.78, 5) is 29.9. The third-order valence-electron chi connectivity index (χ3n) is 7.13. The van der Waals surface area contributed by atoms with E-state index in [9.17, 15) is 22.8 Å². The lowest BCUT2D eigenvalue weighted by Crippen LogP contribution is -2.52. The van der Waals surface area contributed by atoms with E-state index in [-0.39, 0.29) is 36.2 Å². The number of Topliss-reactive ketones (excluding diaryl/α,β-unsaturated/α-hetero) is 1. The fourth-order valence-electron chi connectivity index (χ4n) is 5.18. The molecule has 2 heterocycles. The summed E-state index contributed by atoms with van der Waals surface area (Å²) < 4.78 is 44.6. The van der Waals surface area contributed by atoms with E-state index >= 15 is 0 Å². The van der Waals surface area contributed by atoms with Crippen LogP contribution in [0.25, 0.3) is 0 Å². The maximum atomic E-state index is 13.4. The molecule has 0 radical (unpaired) electrons. The van der Waals surface area contributed by atoms with Gasteiger partial charge >= 0.3 is 12.2 Å². The van der Waals surface area contributed by atoms with Crippen LogP contribution >= 0.6 is 0 Å². The van der Waals surface area contributed by atoms with E-state index in [0.717, 1.165) is 30.5 Å². The highest BCUT2D eigenvalue weighted by Crippen LogP contribution is 2.35. The van der Waals surface area contributed by atoms with E-state index in [1.807, 2.05) is 23.1 Å². The number of hydrogen-bond acceptors (Lipinski definition) is 3. The number of ketones is 1. The van der Waals surface area contributed by atoms with E-state index in [0.29, 0.717) is 38.2 Å². The summed E-state index contributed by atoms with van der Waals surface area (Å²) in [5.41, 5.74) is 0.691. The number of methoxy groups -OCH3 is 1. The molecule has 2 unspecified atom stereocenters. The Balaban J connectivity index is 1.52. The number of alkyl halides is 3. The summed E-state index contributed by atoms with van der Waals surface area (Å²) in [5, 5.41) is 0. The summed E-state index contributed by atoms with van der Waals surface area (Å²) >= 11 is 0. The van der Waals surface area contributed by atoms with Crippen LogP contribution in [-0.2, 0) is 10.9 Å². The van der Waals surface area contributed by atoms with Crippen LogP contribution in [0.2, 0.25) is 0 Å². The van der Waals surface area contributed by atoms with E-state index in [1.165, 1.54) is 12.1 Å². The van der Waals surface area contributed by atoms with Crippen LogP contribution in [0.15, 0.2) is 54.6 Å². The van der Waals surface area contributed by atoms with E-state index in [2.05, 4.69) is 0 Å². The molecule has 2 atom stereocenters. The Morgan fingerprint density at radius 2 is 1.60 bits per heavy atom. The molecule has 2 fully saturated rings. The van der Waals surface area contributed by atoms with Gasteiger partial charge in [0.2, 0.25) is 0 Å². The zero-order valence-corrected chi connectivity index (χ0v) is 19.8. The topological polar surface area (TPSA) is 49.9 Å². The van der Waals surface area contributed by atoms with Gasteiger partial charge < -0.3 is 14.5 Å². The van der Waals surface area contributed by atoms with Crippen molar-refractivity contribution in [1.82, 2.24) is 9.80 Å². The molecule has 2 aromatic carbocycles. The average Bonchev–Trinajstić information content (AvgIpc) is 2.88. The van der Waals surface area contributed by atoms with Gasteiger partial charge in [-0.15, -0.1) is 0 Å². The zero-order valence-electron chi connectivity index (χ0n) is 19.8. The number of urea groups is 1. The highest BCUT2D eigenvalue weighted by molar-refractivity contribution is 5.96. The number of piperidine rings is 2. The van der Waals surface area contributed by atoms with Gasteiger partial charge in [-0.25, -0.2) is 4.79 Å². The Morgan fingerprint density at radius 1 is 0.943 bits per heavy atom. The van der Waals surface area contributed by atoms with Crippen LogP contribution in [0.3, 0.4) is 0 Å². The molecule has 2 saturated heterocycles. The van der Waals surface area contributed by atoms with Crippen molar-refractivity contribution in [3.05, 3.63) is 71.3 Å². The van der Waals surface area contributed by atoms with Crippen LogP contribution in [0.5, 0.6) is 0 Å². The second kappa shape index (κ2) is 10.8. The van der Waals surface area contributed by atoms with Crippen molar-refractivity contribution in [1.29, 1.82) is 0 Å². The normalized spacial score (nSPS) is 21.7. The molecule has 5 nitrogen and oxygen atoms in total. The SMILES string of the molecule is COC1CCN(C(=O)N2CC(CC(=O)c3ccccc3)CC(c3ccc(C(F)(F)F)cc3)C2)CC1. The molecule has 0 aliphatic carbocycles. The number of benzene rings is 2. The molecule has 0 spiro atoms. The molecule has 35 heavy (non-hydrogen) atoms. The minimum atomic E-state index is -4.40. The Morgan fingerprint density at radius 3 is 2.20 bits per heavy atom. The fraction of sp³-hybridized carbons (Fsp3) is 0.481. The van der Waals surface area contributed by atoms with Crippen LogP contribution in [0.1, 0.15) is 53.1 Å². The summed E-state index contributed by atoms with van der Waals surface area (Å²) in [6.45, 7) is 2.09. The van der Waals surface area contributed by atoms with Crippen molar-refractivity contribution in [3.8, 4) is 0 Å². The lowest BCUT2D eigenvalue weighted by molar-refractivity contribution is -0.137. The molecule has 2 aliphatic heterocycles. The molecule has 2 aliphatic rings. The summed E-state index contributed by atoms with van der Waals surface area (Å²) in [5.74, 6) is -0.207. The summed E-state index contributed by atoms with van der Waals surface area (Å²) in [6.07, 6.45) is -1.78. The highest BCUT2D eigenvalue weighted by Gasteiger charge is 2.36. The van der Waals surface area contributed by atoms with Crippen LogP contribution in [0, 0.1) is 5.92 Å². The fourth-order valence-corrected chi connectivity index (χ4v) is 5.18. The van der Waals surface area contributed by atoms with Gasteiger partial charge in [0.1, 0.15) is 0 Å². The van der Waals surface area contributed by atoms with E-state index < -0.39 is 11.7 Å². The van der Waals surface area contributed by atoms with Crippen LogP contribution in [0.4, 0.5) is 18.0 Å². The Kier molecular flexibility index (Phi) is 7.79. The molecule has 0 aromatic heterocycles. The van der Waals surface area contributed by atoms with Crippen molar-refractivity contribution in [2.24, 2.45) is 5.92 Å². The molecule has 2 aromatic rings. The molecule has 0 N–H and O–H groups in total. The molecule has 2 amide bonds. The number of amides is 2. The van der Waals surface area contributed by atoms with Crippen molar-refractivity contribution >= 4 is 11.8 Å². The second-order valence-electron chi connectivity index (χ2n) is 9.52. The minimum absolute atomic E-state index is 0.0111. The predicted molar refractivity (Wildman–Crippen MR) is 126 cm³/mol. The van der Waals surface area contributed by atoms with Gasteiger partial charge in [0.15, 0.2) is 5.78 Å². The van der Waals surface area contributed by atoms with Gasteiger partial charge in [0.05, 0.1) is 11.7 Å². The van der Waals surface area contributed by atoms with Gasteiger partial charge in [-0.2, -0.15) is 13.2 Å². The monoisotopic (exact) mass is 488 g/mol. The quantitative estimate of drug-likeness (QED) is 0.514. The van der Waals surface area contributed by atoms with Gasteiger partial charge in [-0.3, -0.25) is 4.79 Å². The smallest absolute Gasteiger partial charge is 0.381 e. The van der Waals surface area contributed by atoms with Gasteiger partial charge in [-0.05, 0) is 42.9 Å². The lowest BCUT2D eigenvalue weighted by atomic mass is 9.81. The first-order valence-corrected chi connectivity index (χ1v) is 12.1. The number of nitrogens with zero attached hydrogens (tertiary/aromatic N) is 2. The number of likely N-dealkylation sites (tertiary alicyclic amines) is 2.